The molecule has 0 bridgehead atoms. The second kappa shape index (κ2) is 8.00. The second-order valence-electron chi connectivity index (χ2n) is 5.39. The van der Waals surface area contributed by atoms with Crippen LogP contribution in [0.2, 0.25) is 0 Å². The van der Waals surface area contributed by atoms with E-state index in [1.807, 2.05) is 13.8 Å². The van der Waals surface area contributed by atoms with Gasteiger partial charge in [-0.3, -0.25) is 14.9 Å². The van der Waals surface area contributed by atoms with Crippen molar-refractivity contribution in [3.05, 3.63) is 33.9 Å². The molecule has 122 valence electrons. The molecule has 1 rings (SSSR count). The number of hydrogen-bond donors (Lipinski definition) is 2. The average Bonchev–Trinajstić information content (AvgIpc) is 2.46. The minimum atomic E-state index is -0.483. The van der Waals surface area contributed by atoms with Gasteiger partial charge >= 0.3 is 5.69 Å². The molecule has 0 heterocycles. The van der Waals surface area contributed by atoms with Crippen LogP contribution in [0, 0.1) is 10.1 Å². The fourth-order valence-electron chi connectivity index (χ4n) is 1.69. The Bertz CT molecular complexity index is 549. The van der Waals surface area contributed by atoms with Crippen LogP contribution in [0.1, 0.15) is 19.4 Å². The number of methoxy groups -OCH3 is 1. The first-order valence-electron chi connectivity index (χ1n) is 6.69. The Morgan fingerprint density at radius 1 is 1.50 bits per heavy atom. The number of nitro benzene ring substituents is 1. The van der Waals surface area contributed by atoms with Crippen LogP contribution >= 0.6 is 11.8 Å². The minimum Gasteiger partial charge on any atom is -0.490 e. The van der Waals surface area contributed by atoms with Crippen LogP contribution in [0.5, 0.6) is 5.75 Å². The molecular formula is C14H21N3O4S. The third-order valence-corrected chi connectivity index (χ3v) is 3.93. The van der Waals surface area contributed by atoms with Crippen molar-refractivity contribution < 1.29 is 14.5 Å². The third-order valence-electron chi connectivity index (χ3n) is 2.93. The molecular weight excluding hydrogens is 306 g/mol. The fourth-order valence-corrected chi connectivity index (χ4v) is 2.47. The van der Waals surface area contributed by atoms with Crippen molar-refractivity contribution in [2.75, 3.05) is 19.4 Å². The number of hydrogen-bond acceptors (Lipinski definition) is 6. The van der Waals surface area contributed by atoms with Gasteiger partial charge in [-0.25, -0.2) is 0 Å². The number of nitrogens with zero attached hydrogens (tertiary/aromatic N) is 1. The normalized spacial score (nSPS) is 11.1. The largest absolute Gasteiger partial charge is 0.490 e. The summed E-state index contributed by atoms with van der Waals surface area (Å²) in [5.41, 5.74) is 5.81. The summed E-state index contributed by atoms with van der Waals surface area (Å²) in [5.74, 6) is 0.884. The smallest absolute Gasteiger partial charge is 0.311 e. The lowest BCUT2D eigenvalue weighted by atomic mass is 10.1. The Balaban J connectivity index is 2.57. The number of nitrogens with one attached hydrogen (secondary N) is 1. The summed E-state index contributed by atoms with van der Waals surface area (Å²) in [5, 5.41) is 13.8. The number of ether oxygens (including phenoxy) is 1. The van der Waals surface area contributed by atoms with E-state index in [2.05, 4.69) is 5.32 Å². The number of nitrogens with two attached hydrogens (primary N) is 1. The molecule has 1 aromatic rings. The van der Waals surface area contributed by atoms with Crippen molar-refractivity contribution >= 4 is 23.4 Å². The molecule has 0 atom stereocenters. The summed E-state index contributed by atoms with van der Waals surface area (Å²) in [6.45, 7) is 4.05. The molecule has 3 N–H and O–H groups in total. The van der Waals surface area contributed by atoms with Gasteiger partial charge in [-0.1, -0.05) is 6.07 Å². The van der Waals surface area contributed by atoms with Crippen LogP contribution in [0.25, 0.3) is 0 Å². The fraction of sp³-hybridized carbons (Fsp3) is 0.500. The van der Waals surface area contributed by atoms with E-state index in [0.717, 1.165) is 5.56 Å². The summed E-state index contributed by atoms with van der Waals surface area (Å²) >= 11 is 1.38. The quantitative estimate of drug-likeness (QED) is 0.556. The van der Waals surface area contributed by atoms with E-state index in [1.54, 1.807) is 12.1 Å². The van der Waals surface area contributed by atoms with Crippen LogP contribution in [0.3, 0.4) is 0 Å². The van der Waals surface area contributed by atoms with E-state index in [4.69, 9.17) is 10.5 Å². The predicted octanol–water partition coefficient (Wildman–Crippen LogP) is 1.69. The molecule has 7 nitrogen and oxygen atoms in total. The highest BCUT2D eigenvalue weighted by Crippen LogP contribution is 2.28. The molecule has 8 heteroatoms. The Hall–Kier alpha value is -1.80. The minimum absolute atomic E-state index is 0.0747. The topological polar surface area (TPSA) is 107 Å². The van der Waals surface area contributed by atoms with Crippen LogP contribution < -0.4 is 15.8 Å². The highest BCUT2D eigenvalue weighted by molar-refractivity contribution is 7.99. The molecule has 0 unspecified atom stereocenters. The van der Waals surface area contributed by atoms with Gasteiger partial charge < -0.3 is 15.8 Å². The molecule has 0 saturated heterocycles. The Kier molecular flexibility index (Phi) is 6.63. The van der Waals surface area contributed by atoms with Gasteiger partial charge in [0, 0.05) is 23.9 Å². The summed E-state index contributed by atoms with van der Waals surface area (Å²) in [6, 6.07) is 4.78. The number of benzene rings is 1. The molecule has 1 aromatic carbocycles. The van der Waals surface area contributed by atoms with Crippen molar-refractivity contribution in [2.24, 2.45) is 5.73 Å². The van der Waals surface area contributed by atoms with Gasteiger partial charge in [0.25, 0.3) is 0 Å². The monoisotopic (exact) mass is 327 g/mol. The lowest BCUT2D eigenvalue weighted by Gasteiger charge is -2.24. The summed E-state index contributed by atoms with van der Waals surface area (Å²) in [7, 11) is 1.39. The SMILES string of the molecule is COc1ccc(CSCC(=O)NC(C)(C)CN)cc1[N+](=O)[O-]. The predicted molar refractivity (Wildman–Crippen MR) is 87.1 cm³/mol. The maximum atomic E-state index is 11.8. The summed E-state index contributed by atoms with van der Waals surface area (Å²) in [4.78, 5) is 22.2. The first kappa shape index (κ1) is 18.2. The first-order chi connectivity index (χ1) is 10.3. The number of carbonyl (C=O) groups excluding carboxylic acids is 1. The van der Waals surface area contributed by atoms with E-state index in [0.29, 0.717) is 12.3 Å². The molecule has 0 spiro atoms. The van der Waals surface area contributed by atoms with Gasteiger partial charge in [0.1, 0.15) is 0 Å². The zero-order valence-corrected chi connectivity index (χ0v) is 13.7. The van der Waals surface area contributed by atoms with Crippen molar-refractivity contribution in [3.63, 3.8) is 0 Å². The average molecular weight is 327 g/mol. The zero-order chi connectivity index (χ0) is 16.8. The number of amides is 1. The highest BCUT2D eigenvalue weighted by atomic mass is 32.2. The van der Waals surface area contributed by atoms with Crippen LogP contribution in [-0.2, 0) is 10.5 Å². The summed E-state index contributed by atoms with van der Waals surface area (Å²) < 4.78 is 4.95. The van der Waals surface area contributed by atoms with E-state index in [-0.39, 0.29) is 23.1 Å². The van der Waals surface area contributed by atoms with Crippen molar-refractivity contribution in [1.82, 2.24) is 5.32 Å². The van der Waals surface area contributed by atoms with E-state index in [1.165, 1.54) is 24.9 Å². The molecule has 1 amide bonds. The van der Waals surface area contributed by atoms with E-state index in [9.17, 15) is 14.9 Å². The molecule has 22 heavy (non-hydrogen) atoms. The molecule has 0 aliphatic heterocycles. The molecule has 0 fully saturated rings. The molecule has 0 aromatic heterocycles. The van der Waals surface area contributed by atoms with Gasteiger partial charge in [0.15, 0.2) is 5.75 Å². The Morgan fingerprint density at radius 3 is 2.73 bits per heavy atom. The number of nitro groups is 1. The highest BCUT2D eigenvalue weighted by Gasteiger charge is 2.18. The van der Waals surface area contributed by atoms with Gasteiger partial charge in [0.05, 0.1) is 17.8 Å². The molecule has 0 saturated carbocycles. The first-order valence-corrected chi connectivity index (χ1v) is 7.84. The van der Waals surface area contributed by atoms with Crippen LogP contribution in [-0.4, -0.2) is 35.8 Å². The molecule has 0 radical (unpaired) electrons. The van der Waals surface area contributed by atoms with E-state index >= 15 is 0 Å². The van der Waals surface area contributed by atoms with Crippen LogP contribution in [0.15, 0.2) is 18.2 Å². The standard InChI is InChI=1S/C14H21N3O4S/c1-14(2,9-15)16-13(18)8-22-7-10-4-5-12(21-3)11(6-10)17(19)20/h4-6H,7-9,15H2,1-3H3,(H,16,18). The maximum absolute atomic E-state index is 11.8. The lowest BCUT2D eigenvalue weighted by molar-refractivity contribution is -0.385. The van der Waals surface area contributed by atoms with Gasteiger partial charge in [0.2, 0.25) is 5.91 Å². The third kappa shape index (κ3) is 5.53. The second-order valence-corrected chi connectivity index (χ2v) is 6.38. The molecule has 0 aliphatic carbocycles. The Labute approximate surface area is 133 Å². The van der Waals surface area contributed by atoms with Crippen molar-refractivity contribution in [2.45, 2.75) is 25.1 Å². The van der Waals surface area contributed by atoms with Gasteiger partial charge in [-0.15, -0.1) is 11.8 Å². The van der Waals surface area contributed by atoms with Crippen molar-refractivity contribution in [1.29, 1.82) is 0 Å². The molecule has 0 aliphatic rings. The maximum Gasteiger partial charge on any atom is 0.311 e. The van der Waals surface area contributed by atoms with Crippen molar-refractivity contribution in [3.8, 4) is 5.75 Å². The lowest BCUT2D eigenvalue weighted by Crippen LogP contribution is -2.49. The summed E-state index contributed by atoms with van der Waals surface area (Å²) in [6.07, 6.45) is 0. The van der Waals surface area contributed by atoms with E-state index < -0.39 is 10.5 Å². The van der Waals surface area contributed by atoms with Gasteiger partial charge in [-0.05, 0) is 25.5 Å². The Morgan fingerprint density at radius 2 is 2.18 bits per heavy atom. The van der Waals surface area contributed by atoms with Gasteiger partial charge in [-0.2, -0.15) is 0 Å². The van der Waals surface area contributed by atoms with Crippen LogP contribution in [0.4, 0.5) is 5.69 Å². The zero-order valence-electron chi connectivity index (χ0n) is 12.9. The number of carbonyl (C=O) groups is 1. The number of rotatable bonds is 8. The number of thioether (sulfide) groups is 1.